The Morgan fingerprint density at radius 2 is 1.72 bits per heavy atom. The number of aryl methyl sites for hydroxylation is 5. The van der Waals surface area contributed by atoms with Gasteiger partial charge in [-0.2, -0.15) is 5.10 Å². The van der Waals surface area contributed by atoms with Gasteiger partial charge in [-0.05, 0) is 96.2 Å². The van der Waals surface area contributed by atoms with Gasteiger partial charge in [0.15, 0.2) is 5.65 Å². The van der Waals surface area contributed by atoms with Crippen LogP contribution in [0.4, 0.5) is 0 Å². The molecule has 154 valence electrons. The van der Waals surface area contributed by atoms with Gasteiger partial charge in [0.1, 0.15) is 0 Å². The summed E-state index contributed by atoms with van der Waals surface area (Å²) in [6, 6.07) is 6.36. The van der Waals surface area contributed by atoms with Gasteiger partial charge < -0.3 is 5.32 Å². The topological polar surface area (TPSA) is 59.8 Å². The molecule has 0 saturated carbocycles. The van der Waals surface area contributed by atoms with E-state index in [1.807, 2.05) is 39.3 Å². The van der Waals surface area contributed by atoms with Crippen LogP contribution in [0.1, 0.15) is 60.8 Å². The molecule has 29 heavy (non-hydrogen) atoms. The van der Waals surface area contributed by atoms with E-state index in [0.717, 1.165) is 33.7 Å². The van der Waals surface area contributed by atoms with Gasteiger partial charge in [-0.25, -0.2) is 9.67 Å². The van der Waals surface area contributed by atoms with Gasteiger partial charge in [-0.1, -0.05) is 6.07 Å². The molecule has 0 bridgehead atoms. The zero-order valence-corrected chi connectivity index (χ0v) is 18.9. The fourth-order valence-electron chi connectivity index (χ4n) is 3.83. The van der Waals surface area contributed by atoms with Crippen LogP contribution in [-0.2, 0) is 11.2 Å². The van der Waals surface area contributed by atoms with Gasteiger partial charge >= 0.3 is 0 Å². The summed E-state index contributed by atoms with van der Waals surface area (Å²) in [5.74, 6) is 0.0685. The molecular weight excluding hydrogens is 360 g/mol. The van der Waals surface area contributed by atoms with Crippen molar-refractivity contribution >= 4 is 16.9 Å². The molecule has 5 nitrogen and oxygen atoms in total. The van der Waals surface area contributed by atoms with Crippen molar-refractivity contribution in [1.29, 1.82) is 0 Å². The van der Waals surface area contributed by atoms with Crippen molar-refractivity contribution in [2.45, 2.75) is 73.8 Å². The maximum atomic E-state index is 12.3. The highest BCUT2D eigenvalue weighted by atomic mass is 16.1. The lowest BCUT2D eigenvalue weighted by atomic mass is 9.98. The van der Waals surface area contributed by atoms with Crippen LogP contribution < -0.4 is 5.32 Å². The van der Waals surface area contributed by atoms with Crippen LogP contribution in [0, 0.1) is 34.6 Å². The molecular formula is C24H32N4O. The first-order valence-corrected chi connectivity index (χ1v) is 10.2. The Bertz CT molecular complexity index is 1090. The molecule has 0 fully saturated rings. The summed E-state index contributed by atoms with van der Waals surface area (Å²) in [6.45, 7) is 16.4. The van der Waals surface area contributed by atoms with Crippen molar-refractivity contribution in [2.24, 2.45) is 0 Å². The van der Waals surface area contributed by atoms with Crippen molar-refractivity contribution in [2.75, 3.05) is 0 Å². The summed E-state index contributed by atoms with van der Waals surface area (Å²) in [6.07, 6.45) is 1.13. The normalized spacial score (nSPS) is 11.9. The molecule has 2 aromatic heterocycles. The van der Waals surface area contributed by atoms with E-state index in [-0.39, 0.29) is 11.4 Å². The van der Waals surface area contributed by atoms with Gasteiger partial charge in [0.2, 0.25) is 5.91 Å². The number of carbonyl (C=O) groups excluding carboxylic acids is 1. The second-order valence-corrected chi connectivity index (χ2v) is 9.06. The molecule has 0 spiro atoms. The van der Waals surface area contributed by atoms with Gasteiger partial charge in [0, 0.05) is 23.0 Å². The highest BCUT2D eigenvalue weighted by Gasteiger charge is 2.19. The lowest BCUT2D eigenvalue weighted by Gasteiger charge is -2.20. The molecule has 1 aromatic carbocycles. The van der Waals surface area contributed by atoms with Crippen molar-refractivity contribution in [3.8, 4) is 5.69 Å². The summed E-state index contributed by atoms with van der Waals surface area (Å²) >= 11 is 0. The SMILES string of the molecule is Cc1ccc(-n2nc(C)c3c(C)c(CCC(=O)NC(C)(C)C)c(C)nc32)cc1C. The standard InChI is InChI=1S/C24H32N4O/c1-14-9-10-19(13-15(14)2)28-23-22(18(5)27-28)16(3)20(17(4)25-23)11-12-21(29)26-24(6,7)8/h9-10,13H,11-12H2,1-8H3,(H,26,29). The molecule has 1 N–H and O–H groups in total. The Balaban J connectivity index is 2.00. The van der Waals surface area contributed by atoms with E-state index in [9.17, 15) is 4.79 Å². The van der Waals surface area contributed by atoms with Gasteiger partial charge in [-0.15, -0.1) is 0 Å². The lowest BCUT2D eigenvalue weighted by molar-refractivity contribution is -0.122. The van der Waals surface area contributed by atoms with E-state index in [1.54, 1.807) is 0 Å². The zero-order chi connectivity index (χ0) is 21.5. The number of fused-ring (bicyclic) bond motifs is 1. The van der Waals surface area contributed by atoms with Crippen LogP contribution in [0.2, 0.25) is 0 Å². The van der Waals surface area contributed by atoms with E-state index >= 15 is 0 Å². The van der Waals surface area contributed by atoms with Gasteiger partial charge in [0.25, 0.3) is 0 Å². The monoisotopic (exact) mass is 392 g/mol. The van der Waals surface area contributed by atoms with Crippen molar-refractivity contribution in [3.63, 3.8) is 0 Å². The number of hydrogen-bond donors (Lipinski definition) is 1. The van der Waals surface area contributed by atoms with E-state index in [0.29, 0.717) is 12.8 Å². The van der Waals surface area contributed by atoms with Crippen molar-refractivity contribution < 1.29 is 4.79 Å². The number of nitrogens with zero attached hydrogens (tertiary/aromatic N) is 3. The van der Waals surface area contributed by atoms with Gasteiger partial charge in [0.05, 0.1) is 11.4 Å². The Morgan fingerprint density at radius 3 is 2.34 bits per heavy atom. The fourth-order valence-corrected chi connectivity index (χ4v) is 3.83. The number of pyridine rings is 1. The predicted molar refractivity (Wildman–Crippen MR) is 119 cm³/mol. The van der Waals surface area contributed by atoms with Gasteiger partial charge in [-0.3, -0.25) is 4.79 Å². The zero-order valence-electron chi connectivity index (χ0n) is 18.9. The minimum absolute atomic E-state index is 0.0685. The quantitative estimate of drug-likeness (QED) is 0.693. The molecule has 2 heterocycles. The van der Waals surface area contributed by atoms with Crippen LogP contribution in [-0.4, -0.2) is 26.2 Å². The number of carbonyl (C=O) groups is 1. The third kappa shape index (κ3) is 4.34. The molecule has 0 radical (unpaired) electrons. The first-order chi connectivity index (χ1) is 13.5. The molecule has 1 amide bonds. The van der Waals surface area contributed by atoms with E-state index < -0.39 is 0 Å². The Labute approximate surface area is 173 Å². The molecule has 5 heteroatoms. The summed E-state index contributed by atoms with van der Waals surface area (Å²) in [5, 5.41) is 8.91. The van der Waals surface area contributed by atoms with Crippen LogP contribution in [0.5, 0.6) is 0 Å². The number of amides is 1. The largest absolute Gasteiger partial charge is 0.351 e. The van der Waals surface area contributed by atoms with E-state index in [4.69, 9.17) is 10.1 Å². The molecule has 0 aliphatic heterocycles. The van der Waals surface area contributed by atoms with Crippen LogP contribution >= 0.6 is 0 Å². The van der Waals surface area contributed by atoms with E-state index in [2.05, 4.69) is 44.3 Å². The number of rotatable bonds is 4. The maximum absolute atomic E-state index is 12.3. The smallest absolute Gasteiger partial charge is 0.220 e. The van der Waals surface area contributed by atoms with Crippen LogP contribution in [0.3, 0.4) is 0 Å². The molecule has 0 aliphatic rings. The van der Waals surface area contributed by atoms with E-state index in [1.165, 1.54) is 16.7 Å². The highest BCUT2D eigenvalue weighted by Crippen LogP contribution is 2.28. The van der Waals surface area contributed by atoms with Crippen LogP contribution in [0.15, 0.2) is 18.2 Å². The second-order valence-electron chi connectivity index (χ2n) is 9.06. The number of aromatic nitrogens is 3. The van der Waals surface area contributed by atoms with Crippen molar-refractivity contribution in [3.05, 3.63) is 51.8 Å². The Morgan fingerprint density at radius 1 is 1.03 bits per heavy atom. The lowest BCUT2D eigenvalue weighted by Crippen LogP contribution is -2.40. The molecule has 0 saturated heterocycles. The number of nitrogens with one attached hydrogen (secondary N) is 1. The third-order valence-corrected chi connectivity index (χ3v) is 5.43. The number of hydrogen-bond acceptors (Lipinski definition) is 3. The first kappa shape index (κ1) is 21.0. The second kappa shape index (κ2) is 7.62. The first-order valence-electron chi connectivity index (χ1n) is 10.2. The molecule has 3 rings (SSSR count). The summed E-state index contributed by atoms with van der Waals surface area (Å²) in [4.78, 5) is 17.2. The number of benzene rings is 1. The van der Waals surface area contributed by atoms with Crippen molar-refractivity contribution in [1.82, 2.24) is 20.1 Å². The minimum Gasteiger partial charge on any atom is -0.351 e. The van der Waals surface area contributed by atoms with Crippen LogP contribution in [0.25, 0.3) is 16.7 Å². The summed E-state index contributed by atoms with van der Waals surface area (Å²) < 4.78 is 1.94. The molecule has 0 aliphatic carbocycles. The Kier molecular flexibility index (Phi) is 5.52. The maximum Gasteiger partial charge on any atom is 0.220 e. The average Bonchev–Trinajstić information content (AvgIpc) is 2.92. The summed E-state index contributed by atoms with van der Waals surface area (Å²) in [5.41, 5.74) is 8.42. The molecule has 3 aromatic rings. The highest BCUT2D eigenvalue weighted by molar-refractivity contribution is 5.85. The molecule has 0 unspecified atom stereocenters. The minimum atomic E-state index is -0.215. The Hall–Kier alpha value is -2.69. The third-order valence-electron chi connectivity index (χ3n) is 5.43. The molecule has 0 atom stereocenters. The fraction of sp³-hybridized carbons (Fsp3) is 0.458. The summed E-state index contributed by atoms with van der Waals surface area (Å²) in [7, 11) is 0. The predicted octanol–water partition coefficient (Wildman–Crippen LogP) is 4.81. The average molecular weight is 393 g/mol.